The van der Waals surface area contributed by atoms with Gasteiger partial charge in [0.25, 0.3) is 5.91 Å². The van der Waals surface area contributed by atoms with Gasteiger partial charge in [-0.25, -0.2) is 4.39 Å². The van der Waals surface area contributed by atoms with Crippen molar-refractivity contribution < 1.29 is 23.6 Å². The number of benzene rings is 2. The molecular weight excluding hydrogens is 453 g/mol. The molecule has 10 heteroatoms. The number of carbonyl (C=O) groups excluding carboxylic acids is 4. The van der Waals surface area contributed by atoms with E-state index in [-0.39, 0.29) is 31.1 Å². The number of nitrogens with one attached hydrogen (secondary N) is 3. The first kappa shape index (κ1) is 25.8. The first-order chi connectivity index (χ1) is 16.8. The molecule has 0 spiro atoms. The van der Waals surface area contributed by atoms with Crippen molar-refractivity contribution in [2.45, 2.75) is 31.8 Å². The van der Waals surface area contributed by atoms with E-state index in [1.54, 1.807) is 30.3 Å². The third kappa shape index (κ3) is 7.10. The van der Waals surface area contributed by atoms with Crippen LogP contribution in [-0.2, 0) is 20.8 Å². The Labute approximate surface area is 203 Å². The number of nitrogens with zero attached hydrogens (tertiary/aromatic N) is 1. The van der Waals surface area contributed by atoms with Crippen molar-refractivity contribution in [3.8, 4) is 0 Å². The van der Waals surface area contributed by atoms with Gasteiger partial charge in [0, 0.05) is 13.1 Å². The van der Waals surface area contributed by atoms with E-state index in [1.807, 2.05) is 6.07 Å². The van der Waals surface area contributed by atoms with Gasteiger partial charge < -0.3 is 26.6 Å². The molecule has 3 rings (SSSR count). The van der Waals surface area contributed by atoms with Crippen LogP contribution in [0, 0.1) is 5.82 Å². The van der Waals surface area contributed by atoms with Gasteiger partial charge in [0.05, 0.1) is 24.7 Å². The first-order valence-corrected chi connectivity index (χ1v) is 11.5. The van der Waals surface area contributed by atoms with E-state index in [1.165, 1.54) is 24.0 Å². The van der Waals surface area contributed by atoms with Crippen LogP contribution in [-0.4, -0.2) is 60.7 Å². The van der Waals surface area contributed by atoms with Crippen LogP contribution >= 0.6 is 0 Å². The number of fused-ring (bicyclic) bond motifs is 2. The predicted molar refractivity (Wildman–Crippen MR) is 128 cm³/mol. The summed E-state index contributed by atoms with van der Waals surface area (Å²) in [4.78, 5) is 52.1. The lowest BCUT2D eigenvalue weighted by Gasteiger charge is -2.29. The van der Waals surface area contributed by atoms with E-state index in [0.29, 0.717) is 24.9 Å². The van der Waals surface area contributed by atoms with Crippen molar-refractivity contribution >= 4 is 23.6 Å². The van der Waals surface area contributed by atoms with Crippen molar-refractivity contribution in [2.24, 2.45) is 5.73 Å². The molecule has 35 heavy (non-hydrogen) atoms. The van der Waals surface area contributed by atoms with Crippen LogP contribution in [0.25, 0.3) is 0 Å². The number of aryl methyl sites for hydroxylation is 1. The fraction of sp³-hybridized carbons (Fsp3) is 0.360. The highest BCUT2D eigenvalue weighted by Crippen LogP contribution is 2.16. The van der Waals surface area contributed by atoms with Crippen molar-refractivity contribution in [3.05, 3.63) is 71.0 Å². The van der Waals surface area contributed by atoms with Crippen molar-refractivity contribution in [1.29, 1.82) is 0 Å². The number of hydrogen-bond donors (Lipinski definition) is 4. The number of amides is 4. The molecule has 0 fully saturated rings. The molecule has 2 aromatic rings. The van der Waals surface area contributed by atoms with Crippen LogP contribution in [0.3, 0.4) is 0 Å². The van der Waals surface area contributed by atoms with E-state index in [2.05, 4.69) is 16.0 Å². The molecule has 0 unspecified atom stereocenters. The third-order valence-corrected chi connectivity index (χ3v) is 5.76. The molecular formula is C25H30FN5O4. The van der Waals surface area contributed by atoms with Gasteiger partial charge in [0.15, 0.2) is 0 Å². The summed E-state index contributed by atoms with van der Waals surface area (Å²) in [5.74, 6) is -2.73. The molecule has 0 saturated heterocycles. The summed E-state index contributed by atoms with van der Waals surface area (Å²) in [6.45, 7) is 1.30. The lowest BCUT2D eigenvalue weighted by molar-refractivity contribution is -0.135. The summed E-state index contributed by atoms with van der Waals surface area (Å²) < 4.78 is 14.3. The zero-order chi connectivity index (χ0) is 25.4. The lowest BCUT2D eigenvalue weighted by atomic mass is 10.0. The monoisotopic (exact) mass is 483 g/mol. The van der Waals surface area contributed by atoms with E-state index in [4.69, 9.17) is 5.73 Å². The SMILES string of the molecule is C[C@H]1NC(=O)c2cc(ccc2F)CCCNC(=O)CN(C(=O)CN)C[C@H](c2ccccc2)NC1=O. The Morgan fingerprint density at radius 2 is 1.86 bits per heavy atom. The largest absolute Gasteiger partial charge is 0.355 e. The Morgan fingerprint density at radius 1 is 1.11 bits per heavy atom. The van der Waals surface area contributed by atoms with Gasteiger partial charge in [0.1, 0.15) is 11.9 Å². The molecule has 1 aliphatic rings. The van der Waals surface area contributed by atoms with E-state index < -0.39 is 35.6 Å². The normalized spacial score (nSPS) is 20.3. The Hall–Kier alpha value is -3.79. The van der Waals surface area contributed by atoms with Crippen molar-refractivity contribution in [2.75, 3.05) is 26.2 Å². The van der Waals surface area contributed by atoms with Crippen LogP contribution in [0.4, 0.5) is 4.39 Å². The summed E-state index contributed by atoms with van der Waals surface area (Å²) in [6, 6.07) is 11.5. The Bertz CT molecular complexity index is 1080. The van der Waals surface area contributed by atoms with Gasteiger partial charge >= 0.3 is 0 Å². The summed E-state index contributed by atoms with van der Waals surface area (Å²) >= 11 is 0. The molecule has 5 N–H and O–H groups in total. The van der Waals surface area contributed by atoms with Crippen LogP contribution < -0.4 is 21.7 Å². The fourth-order valence-corrected chi connectivity index (χ4v) is 3.81. The molecule has 186 valence electrons. The summed E-state index contributed by atoms with van der Waals surface area (Å²) in [5, 5.41) is 8.14. The van der Waals surface area contributed by atoms with Crippen LogP contribution in [0.1, 0.15) is 40.9 Å². The highest BCUT2D eigenvalue weighted by molar-refractivity contribution is 5.97. The molecule has 0 saturated carbocycles. The molecule has 4 amide bonds. The van der Waals surface area contributed by atoms with Crippen LogP contribution in [0.15, 0.2) is 48.5 Å². The van der Waals surface area contributed by atoms with Crippen LogP contribution in [0.2, 0.25) is 0 Å². The topological polar surface area (TPSA) is 134 Å². The quantitative estimate of drug-likeness (QED) is 0.498. The van der Waals surface area contributed by atoms with Crippen LogP contribution in [0.5, 0.6) is 0 Å². The zero-order valence-electron chi connectivity index (χ0n) is 19.6. The number of rotatable bonds is 2. The van der Waals surface area contributed by atoms with Gasteiger partial charge in [-0.15, -0.1) is 0 Å². The Kier molecular flexibility index (Phi) is 8.91. The zero-order valence-corrected chi connectivity index (χ0v) is 19.6. The standard InChI is InChI=1S/C25H30FN5O4/c1-16-24(34)30-21(18-7-3-2-4-8-18)14-31(23(33)13-27)15-22(32)28-11-5-6-17-9-10-20(26)19(12-17)25(35)29-16/h2-4,7-10,12,16,21H,5-6,11,13-15,27H2,1H3,(H,28,32)(H,29,35)(H,30,34)/t16-,21-/m1/s1. The number of hydrogen-bond acceptors (Lipinski definition) is 5. The predicted octanol–water partition coefficient (Wildman–Crippen LogP) is 0.651. The van der Waals surface area contributed by atoms with E-state index >= 15 is 0 Å². The van der Waals surface area contributed by atoms with Crippen molar-refractivity contribution in [3.63, 3.8) is 0 Å². The van der Waals surface area contributed by atoms with E-state index in [9.17, 15) is 23.6 Å². The minimum Gasteiger partial charge on any atom is -0.355 e. The average molecular weight is 484 g/mol. The first-order valence-electron chi connectivity index (χ1n) is 11.5. The van der Waals surface area contributed by atoms with Gasteiger partial charge in [-0.1, -0.05) is 36.4 Å². The molecule has 0 radical (unpaired) electrons. The molecule has 0 aromatic heterocycles. The molecule has 2 atom stereocenters. The highest BCUT2D eigenvalue weighted by Gasteiger charge is 2.26. The second-order valence-electron chi connectivity index (χ2n) is 8.41. The summed E-state index contributed by atoms with van der Waals surface area (Å²) in [5.41, 5.74) is 6.83. The Morgan fingerprint density at radius 3 is 2.57 bits per heavy atom. The molecule has 1 aliphatic heterocycles. The maximum Gasteiger partial charge on any atom is 0.254 e. The molecule has 0 aliphatic carbocycles. The molecule has 2 aromatic carbocycles. The Balaban J connectivity index is 1.92. The maximum atomic E-state index is 14.3. The van der Waals surface area contributed by atoms with Gasteiger partial charge in [-0.2, -0.15) is 0 Å². The number of halogens is 1. The molecule has 1 heterocycles. The second-order valence-corrected chi connectivity index (χ2v) is 8.41. The number of nitrogens with two attached hydrogens (primary N) is 1. The maximum absolute atomic E-state index is 14.3. The van der Waals surface area contributed by atoms with Gasteiger partial charge in [-0.3, -0.25) is 19.2 Å². The second kappa shape index (κ2) is 12.1. The summed E-state index contributed by atoms with van der Waals surface area (Å²) in [7, 11) is 0. The highest BCUT2D eigenvalue weighted by atomic mass is 19.1. The smallest absolute Gasteiger partial charge is 0.254 e. The third-order valence-electron chi connectivity index (χ3n) is 5.76. The summed E-state index contributed by atoms with van der Waals surface area (Å²) in [6.07, 6.45) is 1.05. The minimum atomic E-state index is -0.991. The van der Waals surface area contributed by atoms with E-state index in [0.717, 1.165) is 5.56 Å². The van der Waals surface area contributed by atoms with Gasteiger partial charge in [0.2, 0.25) is 17.7 Å². The average Bonchev–Trinajstić information content (AvgIpc) is 2.85. The minimum absolute atomic E-state index is 0.00468. The number of carbonyl (C=O) groups is 4. The lowest BCUT2D eigenvalue weighted by Crippen LogP contribution is -2.50. The molecule has 9 nitrogen and oxygen atoms in total. The van der Waals surface area contributed by atoms with Gasteiger partial charge in [-0.05, 0) is 43.0 Å². The van der Waals surface area contributed by atoms with Crippen molar-refractivity contribution in [1.82, 2.24) is 20.9 Å². The molecule has 2 bridgehead atoms. The fourth-order valence-electron chi connectivity index (χ4n) is 3.81.